The number of para-hydroxylation sites is 1. The number of nitrogens with zero attached hydrogens (tertiary/aromatic N) is 1. The molecular weight excluding hydrogens is 326 g/mol. The molecule has 0 saturated heterocycles. The van der Waals surface area contributed by atoms with Crippen molar-refractivity contribution in [3.63, 3.8) is 0 Å². The van der Waals surface area contributed by atoms with Gasteiger partial charge in [-0.3, -0.25) is 9.89 Å². The van der Waals surface area contributed by atoms with Gasteiger partial charge in [-0.1, -0.05) is 45.2 Å². The van der Waals surface area contributed by atoms with Gasteiger partial charge in [-0.2, -0.15) is 5.10 Å². The van der Waals surface area contributed by atoms with E-state index in [0.717, 1.165) is 60.5 Å². The van der Waals surface area contributed by atoms with Crippen LogP contribution in [0.3, 0.4) is 0 Å². The summed E-state index contributed by atoms with van der Waals surface area (Å²) >= 11 is 0. The average Bonchev–Trinajstić information content (AvgIpc) is 3.03. The van der Waals surface area contributed by atoms with Gasteiger partial charge >= 0.3 is 0 Å². The lowest BCUT2D eigenvalue weighted by atomic mass is 9.88. The van der Waals surface area contributed by atoms with Crippen molar-refractivity contribution in [2.75, 3.05) is 12.4 Å². The number of aromatic nitrogens is 2. The van der Waals surface area contributed by atoms with Gasteiger partial charge in [0.25, 0.3) is 0 Å². The monoisotopic (exact) mass is 355 g/mol. The highest BCUT2D eigenvalue weighted by Gasteiger charge is 2.25. The van der Waals surface area contributed by atoms with Crippen molar-refractivity contribution in [2.45, 2.75) is 52.4 Å². The highest BCUT2D eigenvalue weighted by atomic mass is 16.5. The number of carbonyl (C=O) groups excluding carboxylic acids is 1. The van der Waals surface area contributed by atoms with Gasteiger partial charge in [-0.15, -0.1) is 0 Å². The number of nitrogens with one attached hydrogen (secondary N) is 2. The zero-order chi connectivity index (χ0) is 18.5. The lowest BCUT2D eigenvalue weighted by Crippen LogP contribution is -2.25. The van der Waals surface area contributed by atoms with E-state index >= 15 is 0 Å². The Bertz CT molecular complexity index is 745. The molecule has 0 atom stereocenters. The average molecular weight is 355 g/mol. The number of aromatic amines is 1. The summed E-state index contributed by atoms with van der Waals surface area (Å²) in [5.74, 6) is 1.44. The summed E-state index contributed by atoms with van der Waals surface area (Å²) in [6.45, 7) is 4.33. The van der Waals surface area contributed by atoms with Gasteiger partial charge in [0.15, 0.2) is 0 Å². The summed E-state index contributed by atoms with van der Waals surface area (Å²) in [7, 11) is 1.65. The Morgan fingerprint density at radius 2 is 2.00 bits per heavy atom. The number of rotatable bonds is 6. The number of amides is 1. The minimum absolute atomic E-state index is 0.107. The predicted octanol–water partition coefficient (Wildman–Crippen LogP) is 4.80. The van der Waals surface area contributed by atoms with Gasteiger partial charge in [-0.25, -0.2) is 0 Å². The number of benzene rings is 1. The van der Waals surface area contributed by atoms with Gasteiger partial charge in [0.1, 0.15) is 11.4 Å². The summed E-state index contributed by atoms with van der Waals surface area (Å²) in [6.07, 6.45) is 6.31. The Morgan fingerprint density at radius 3 is 2.69 bits per heavy atom. The first-order valence-electron chi connectivity index (χ1n) is 9.61. The molecule has 1 aliphatic rings. The van der Waals surface area contributed by atoms with Crippen LogP contribution in [0, 0.1) is 11.8 Å². The minimum Gasteiger partial charge on any atom is -0.496 e. The highest BCUT2D eigenvalue weighted by Crippen LogP contribution is 2.36. The van der Waals surface area contributed by atoms with E-state index in [4.69, 9.17) is 4.74 Å². The molecule has 2 aromatic rings. The summed E-state index contributed by atoms with van der Waals surface area (Å²) in [5.41, 5.74) is 3.42. The third-order valence-electron chi connectivity index (χ3n) is 5.04. The van der Waals surface area contributed by atoms with Gasteiger partial charge < -0.3 is 10.1 Å². The number of anilines is 1. The lowest BCUT2D eigenvalue weighted by molar-refractivity contribution is -0.120. The van der Waals surface area contributed by atoms with E-state index in [0.29, 0.717) is 5.92 Å². The Hall–Kier alpha value is -2.30. The smallest absolute Gasteiger partial charge is 0.227 e. The molecule has 26 heavy (non-hydrogen) atoms. The normalized spacial score (nSPS) is 15.2. The fourth-order valence-electron chi connectivity index (χ4n) is 3.69. The quantitative estimate of drug-likeness (QED) is 0.782. The Labute approximate surface area is 155 Å². The molecule has 0 aliphatic heterocycles. The molecule has 0 radical (unpaired) electrons. The minimum atomic E-state index is 0.107. The molecule has 1 aliphatic carbocycles. The van der Waals surface area contributed by atoms with Crippen molar-refractivity contribution in [3.05, 3.63) is 30.0 Å². The van der Waals surface area contributed by atoms with E-state index in [-0.39, 0.29) is 11.8 Å². The molecule has 140 valence electrons. The zero-order valence-corrected chi connectivity index (χ0v) is 16.0. The van der Waals surface area contributed by atoms with Crippen molar-refractivity contribution in [1.29, 1.82) is 0 Å². The molecule has 0 bridgehead atoms. The SMILES string of the molecule is COc1ccccc1-c1n[nH]c(CC(C)C)c1NC(=O)C1CCCCC1. The number of methoxy groups -OCH3 is 1. The van der Waals surface area contributed by atoms with Crippen molar-refractivity contribution in [1.82, 2.24) is 10.2 Å². The number of H-pyrrole nitrogens is 1. The van der Waals surface area contributed by atoms with Crippen LogP contribution < -0.4 is 10.1 Å². The third-order valence-corrected chi connectivity index (χ3v) is 5.04. The lowest BCUT2D eigenvalue weighted by Gasteiger charge is -2.21. The van der Waals surface area contributed by atoms with E-state index in [1.165, 1.54) is 6.42 Å². The van der Waals surface area contributed by atoms with Crippen LogP contribution in [0.4, 0.5) is 5.69 Å². The first kappa shape index (κ1) is 18.5. The summed E-state index contributed by atoms with van der Waals surface area (Å²) in [6, 6.07) is 7.79. The van der Waals surface area contributed by atoms with E-state index in [1.54, 1.807) is 7.11 Å². The maximum Gasteiger partial charge on any atom is 0.227 e. The summed E-state index contributed by atoms with van der Waals surface area (Å²) in [5, 5.41) is 10.9. The molecule has 5 heteroatoms. The van der Waals surface area contributed by atoms with Crippen molar-refractivity contribution >= 4 is 11.6 Å². The number of ether oxygens (including phenoxy) is 1. The van der Waals surface area contributed by atoms with Crippen LogP contribution >= 0.6 is 0 Å². The molecule has 3 rings (SSSR count). The van der Waals surface area contributed by atoms with E-state index < -0.39 is 0 Å². The Balaban J connectivity index is 1.94. The van der Waals surface area contributed by atoms with Crippen LogP contribution in [0.2, 0.25) is 0 Å². The van der Waals surface area contributed by atoms with Gasteiger partial charge in [-0.05, 0) is 37.3 Å². The van der Waals surface area contributed by atoms with Crippen molar-refractivity contribution in [3.8, 4) is 17.0 Å². The molecule has 5 nitrogen and oxygen atoms in total. The Kier molecular flexibility index (Phi) is 5.96. The van der Waals surface area contributed by atoms with Crippen molar-refractivity contribution in [2.24, 2.45) is 11.8 Å². The van der Waals surface area contributed by atoms with Crippen LogP contribution in [0.25, 0.3) is 11.3 Å². The molecule has 1 aromatic carbocycles. The van der Waals surface area contributed by atoms with E-state index in [9.17, 15) is 4.79 Å². The fraction of sp³-hybridized carbons (Fsp3) is 0.524. The van der Waals surface area contributed by atoms with Crippen LogP contribution in [0.15, 0.2) is 24.3 Å². The molecule has 1 saturated carbocycles. The number of carbonyl (C=O) groups is 1. The number of hydrogen-bond donors (Lipinski definition) is 2. The highest BCUT2D eigenvalue weighted by molar-refractivity contribution is 5.97. The third kappa shape index (κ3) is 4.09. The fourth-order valence-corrected chi connectivity index (χ4v) is 3.69. The first-order valence-corrected chi connectivity index (χ1v) is 9.61. The van der Waals surface area contributed by atoms with Crippen LogP contribution in [0.5, 0.6) is 5.75 Å². The summed E-state index contributed by atoms with van der Waals surface area (Å²) < 4.78 is 5.50. The molecular formula is C21H29N3O2. The molecule has 0 unspecified atom stereocenters. The van der Waals surface area contributed by atoms with Crippen LogP contribution in [-0.4, -0.2) is 23.2 Å². The molecule has 1 heterocycles. The maximum absolute atomic E-state index is 12.9. The maximum atomic E-state index is 12.9. The molecule has 2 N–H and O–H groups in total. The van der Waals surface area contributed by atoms with E-state index in [2.05, 4.69) is 29.4 Å². The zero-order valence-electron chi connectivity index (χ0n) is 16.0. The standard InChI is InChI=1S/C21H29N3O2/c1-14(2)13-17-20(22-21(25)15-9-5-4-6-10-15)19(24-23-17)16-11-7-8-12-18(16)26-3/h7-8,11-12,14-15H,4-6,9-10,13H2,1-3H3,(H,22,25)(H,23,24). The number of hydrogen-bond acceptors (Lipinski definition) is 3. The van der Waals surface area contributed by atoms with Crippen LogP contribution in [-0.2, 0) is 11.2 Å². The molecule has 1 fully saturated rings. The molecule has 1 aromatic heterocycles. The second kappa shape index (κ2) is 8.39. The van der Waals surface area contributed by atoms with Gasteiger partial charge in [0.2, 0.25) is 5.91 Å². The topological polar surface area (TPSA) is 67.0 Å². The van der Waals surface area contributed by atoms with Crippen molar-refractivity contribution < 1.29 is 9.53 Å². The second-order valence-electron chi connectivity index (χ2n) is 7.55. The molecule has 1 amide bonds. The first-order chi connectivity index (χ1) is 12.6. The molecule has 0 spiro atoms. The van der Waals surface area contributed by atoms with Crippen LogP contribution in [0.1, 0.15) is 51.6 Å². The van der Waals surface area contributed by atoms with E-state index in [1.807, 2.05) is 24.3 Å². The van der Waals surface area contributed by atoms with Gasteiger partial charge in [0.05, 0.1) is 18.5 Å². The predicted molar refractivity (Wildman–Crippen MR) is 104 cm³/mol. The summed E-state index contributed by atoms with van der Waals surface area (Å²) in [4.78, 5) is 12.9. The second-order valence-corrected chi connectivity index (χ2v) is 7.55. The van der Waals surface area contributed by atoms with Gasteiger partial charge in [0, 0.05) is 11.5 Å². The largest absolute Gasteiger partial charge is 0.496 e. The Morgan fingerprint density at radius 1 is 1.27 bits per heavy atom.